The summed E-state index contributed by atoms with van der Waals surface area (Å²) in [7, 11) is 3.87. The van der Waals surface area contributed by atoms with E-state index in [1.165, 1.54) is 25.9 Å². The molecule has 0 aliphatic rings. The highest BCUT2D eigenvalue weighted by Crippen LogP contribution is 2.26. The second-order valence-electron chi connectivity index (χ2n) is 11.8. The maximum atomic E-state index is 11.2. The van der Waals surface area contributed by atoms with Gasteiger partial charge < -0.3 is 14.6 Å². The maximum absolute atomic E-state index is 11.2. The molecule has 2 heterocycles. The lowest BCUT2D eigenvalue weighted by Crippen LogP contribution is -2.19. The number of aromatic amines is 1. The summed E-state index contributed by atoms with van der Waals surface area (Å²) in [5.41, 5.74) is 7.18. The quantitative estimate of drug-likeness (QED) is 0.199. The fourth-order valence-electron chi connectivity index (χ4n) is 4.19. The van der Waals surface area contributed by atoms with Gasteiger partial charge in [-0.3, -0.25) is 4.79 Å². The number of benzene rings is 1. The number of rotatable bonds is 10. The summed E-state index contributed by atoms with van der Waals surface area (Å²) in [4.78, 5) is 21.2. The Hall–Kier alpha value is -3.44. The van der Waals surface area contributed by atoms with Crippen molar-refractivity contribution in [2.24, 2.45) is 5.41 Å². The van der Waals surface area contributed by atoms with E-state index < -0.39 is 0 Å². The number of Topliss-reactive ketones (excluding diaryl/α,β-unsaturated/α-hetero) is 1. The van der Waals surface area contributed by atoms with Crippen molar-refractivity contribution in [2.45, 2.75) is 74.7 Å². The molecule has 0 spiro atoms. The number of nitrogens with zero attached hydrogens (tertiary/aromatic N) is 2. The molecule has 0 bridgehead atoms. The molecule has 224 valence electrons. The monoisotopic (exact) mass is 559 g/mol. The minimum atomic E-state index is 0.0771. The average molecular weight is 560 g/mol. The Bertz CT molecular complexity index is 1280. The van der Waals surface area contributed by atoms with E-state index in [2.05, 4.69) is 81.8 Å². The molecule has 5 heteroatoms. The van der Waals surface area contributed by atoms with Crippen LogP contribution < -0.4 is 0 Å². The van der Waals surface area contributed by atoms with Crippen molar-refractivity contribution in [3.8, 4) is 11.1 Å². The van der Waals surface area contributed by atoms with Crippen LogP contribution in [-0.4, -0.2) is 47.9 Å². The number of aromatic nitrogens is 2. The molecule has 0 amide bonds. The first kappa shape index (κ1) is 35.6. The molecule has 1 aromatic carbocycles. The van der Waals surface area contributed by atoms with Gasteiger partial charge in [-0.15, -0.1) is 0 Å². The molecule has 3 aromatic rings. The zero-order valence-electron chi connectivity index (χ0n) is 27.3. The van der Waals surface area contributed by atoms with Gasteiger partial charge in [-0.05, 0) is 88.7 Å². The summed E-state index contributed by atoms with van der Waals surface area (Å²) in [5.74, 6) is 1.15. The van der Waals surface area contributed by atoms with E-state index >= 15 is 0 Å². The minimum absolute atomic E-state index is 0.0771. The number of fused-ring (bicyclic) bond motifs is 1. The van der Waals surface area contributed by atoms with Crippen LogP contribution in [0.4, 0.5) is 0 Å². The van der Waals surface area contributed by atoms with Crippen LogP contribution in [0.15, 0.2) is 73.2 Å². The van der Waals surface area contributed by atoms with E-state index in [1.54, 1.807) is 14.0 Å². The Balaban J connectivity index is 0.000000371. The normalized spacial score (nSPS) is 11.3. The SMILES string of the molecule is C=C(C)/C=C(\OC)C(C)(C)C.C=C(C)c1cc2cc(-c3ccc(CC(C)=O)cc3)cnc2[nH]1.CCCN(C)CCC. The highest BCUT2D eigenvalue weighted by Gasteiger charge is 2.17. The molecule has 0 radical (unpaired) electrons. The fraction of sp³-hybridized carbons (Fsp3) is 0.444. The van der Waals surface area contributed by atoms with Crippen molar-refractivity contribution in [1.82, 2.24) is 14.9 Å². The summed E-state index contributed by atoms with van der Waals surface area (Å²) in [5, 5.41) is 1.07. The topological polar surface area (TPSA) is 58.2 Å². The standard InChI is InChI=1S/C19H18N2O.C10H18O.C7H17N/c1-12(2)18-10-16-9-17(11-20-19(16)21-18)15-6-4-14(5-7-15)8-13(3)22;1-8(2)7-9(11-6)10(3,4)5;1-4-6-8(3)7-5-2/h4-7,9-11H,1,8H2,2-3H3,(H,20,21);7H,1H2,2-6H3;4-7H2,1-3H3/b;9-7-;. The predicted molar refractivity (Wildman–Crippen MR) is 178 cm³/mol. The summed E-state index contributed by atoms with van der Waals surface area (Å²) in [6.07, 6.45) is 6.87. The number of carbonyl (C=O) groups excluding carboxylic acids is 1. The highest BCUT2D eigenvalue weighted by atomic mass is 16.5. The van der Waals surface area contributed by atoms with Gasteiger partial charge in [-0.25, -0.2) is 4.98 Å². The molecule has 0 aliphatic carbocycles. The van der Waals surface area contributed by atoms with E-state index in [0.717, 1.165) is 50.3 Å². The molecular weight excluding hydrogens is 506 g/mol. The van der Waals surface area contributed by atoms with E-state index in [-0.39, 0.29) is 11.2 Å². The second-order valence-corrected chi connectivity index (χ2v) is 11.8. The second kappa shape index (κ2) is 17.4. The van der Waals surface area contributed by atoms with Gasteiger partial charge in [0.1, 0.15) is 17.2 Å². The van der Waals surface area contributed by atoms with Crippen LogP contribution >= 0.6 is 0 Å². The zero-order chi connectivity index (χ0) is 31.2. The Morgan fingerprint density at radius 1 is 1.00 bits per heavy atom. The van der Waals surface area contributed by atoms with Gasteiger partial charge in [0.15, 0.2) is 0 Å². The molecule has 0 saturated carbocycles. The number of hydrogen-bond acceptors (Lipinski definition) is 4. The number of carbonyl (C=O) groups is 1. The van der Waals surface area contributed by atoms with Crippen molar-refractivity contribution in [3.05, 3.63) is 84.4 Å². The summed E-state index contributed by atoms with van der Waals surface area (Å²) >= 11 is 0. The van der Waals surface area contributed by atoms with Crippen LogP contribution in [0.5, 0.6) is 0 Å². The third-order valence-electron chi connectivity index (χ3n) is 6.22. The zero-order valence-corrected chi connectivity index (χ0v) is 27.3. The van der Waals surface area contributed by atoms with E-state index in [0.29, 0.717) is 6.42 Å². The van der Waals surface area contributed by atoms with Crippen LogP contribution in [0.3, 0.4) is 0 Å². The number of pyridine rings is 1. The van der Waals surface area contributed by atoms with Crippen molar-refractivity contribution < 1.29 is 9.53 Å². The number of hydrogen-bond donors (Lipinski definition) is 1. The Kier molecular flexibility index (Phi) is 15.1. The molecule has 0 unspecified atom stereocenters. The van der Waals surface area contributed by atoms with E-state index in [4.69, 9.17) is 4.74 Å². The largest absolute Gasteiger partial charge is 0.501 e. The lowest BCUT2D eigenvalue weighted by molar-refractivity contribution is -0.116. The molecule has 41 heavy (non-hydrogen) atoms. The van der Waals surface area contributed by atoms with E-state index in [9.17, 15) is 4.79 Å². The summed E-state index contributed by atoms with van der Waals surface area (Å²) in [6.45, 7) is 26.6. The molecule has 0 atom stereocenters. The van der Waals surface area contributed by atoms with Gasteiger partial charge >= 0.3 is 0 Å². The van der Waals surface area contributed by atoms with Crippen molar-refractivity contribution in [1.29, 1.82) is 0 Å². The first-order chi connectivity index (χ1) is 19.2. The van der Waals surface area contributed by atoms with Crippen molar-refractivity contribution in [3.63, 3.8) is 0 Å². The van der Waals surface area contributed by atoms with Crippen LogP contribution in [0.2, 0.25) is 0 Å². The Labute approximate surface area is 249 Å². The third-order valence-corrected chi connectivity index (χ3v) is 6.22. The smallest absolute Gasteiger partial charge is 0.137 e. The molecular formula is C36H53N3O2. The van der Waals surface area contributed by atoms with Gasteiger partial charge in [-0.2, -0.15) is 0 Å². The average Bonchev–Trinajstić information content (AvgIpc) is 3.32. The van der Waals surface area contributed by atoms with Gasteiger partial charge in [0.2, 0.25) is 0 Å². The lowest BCUT2D eigenvalue weighted by Gasteiger charge is -2.21. The molecule has 0 aliphatic heterocycles. The molecule has 2 aromatic heterocycles. The summed E-state index contributed by atoms with van der Waals surface area (Å²) < 4.78 is 5.23. The van der Waals surface area contributed by atoms with Crippen molar-refractivity contribution in [2.75, 3.05) is 27.2 Å². The third kappa shape index (κ3) is 13.2. The van der Waals surface area contributed by atoms with Gasteiger partial charge in [0.25, 0.3) is 0 Å². The van der Waals surface area contributed by atoms with Gasteiger partial charge in [-0.1, -0.05) is 77.6 Å². The maximum Gasteiger partial charge on any atom is 0.137 e. The van der Waals surface area contributed by atoms with Crippen molar-refractivity contribution >= 4 is 22.4 Å². The van der Waals surface area contributed by atoms with E-state index in [1.807, 2.05) is 50.4 Å². The molecule has 5 nitrogen and oxygen atoms in total. The highest BCUT2D eigenvalue weighted by molar-refractivity contribution is 5.85. The fourth-order valence-corrected chi connectivity index (χ4v) is 4.19. The molecule has 0 fully saturated rings. The molecule has 1 N–H and O–H groups in total. The summed E-state index contributed by atoms with van der Waals surface area (Å²) in [6, 6.07) is 12.2. The minimum Gasteiger partial charge on any atom is -0.501 e. The molecule has 0 saturated heterocycles. The Morgan fingerprint density at radius 3 is 2.00 bits per heavy atom. The first-order valence-electron chi connectivity index (χ1n) is 14.5. The number of H-pyrrole nitrogens is 1. The van der Waals surface area contributed by atoms with Crippen LogP contribution in [-0.2, 0) is 16.0 Å². The lowest BCUT2D eigenvalue weighted by atomic mass is 9.93. The molecule has 3 rings (SSSR count). The van der Waals surface area contributed by atoms with Crippen LogP contribution in [0.25, 0.3) is 27.7 Å². The first-order valence-corrected chi connectivity index (χ1v) is 14.5. The number of ketones is 1. The predicted octanol–water partition coefficient (Wildman–Crippen LogP) is 9.27. The number of methoxy groups -OCH3 is 1. The number of allylic oxidation sites excluding steroid dienone is 4. The van der Waals surface area contributed by atoms with Gasteiger partial charge in [0.05, 0.1) is 7.11 Å². The number of nitrogens with one attached hydrogen (secondary N) is 1. The number of ether oxygens (including phenoxy) is 1. The van der Waals surface area contributed by atoms with Crippen LogP contribution in [0, 0.1) is 5.41 Å². The van der Waals surface area contributed by atoms with Crippen LogP contribution in [0.1, 0.15) is 79.5 Å². The van der Waals surface area contributed by atoms with Gasteiger partial charge in [0, 0.05) is 34.7 Å². The Morgan fingerprint density at radius 2 is 1.59 bits per heavy atom.